The summed E-state index contributed by atoms with van der Waals surface area (Å²) in [7, 11) is 0. The Balaban J connectivity index is 2.98. The highest BCUT2D eigenvalue weighted by Gasteiger charge is 2.31. The van der Waals surface area contributed by atoms with E-state index in [1.165, 1.54) is 17.0 Å². The van der Waals surface area contributed by atoms with Crippen LogP contribution < -0.4 is 15.4 Å². The SMILES string of the molecule is CCCN(CC(F)(F)F)c1ccc(N)c(OCC)n1. The number of rotatable bonds is 6. The zero-order valence-electron chi connectivity index (χ0n) is 11.0. The Labute approximate surface area is 110 Å². The smallest absolute Gasteiger partial charge is 0.405 e. The van der Waals surface area contributed by atoms with Crippen LogP contribution in [0.5, 0.6) is 5.88 Å². The van der Waals surface area contributed by atoms with Crippen molar-refractivity contribution < 1.29 is 17.9 Å². The van der Waals surface area contributed by atoms with Crippen molar-refractivity contribution in [3.05, 3.63) is 12.1 Å². The molecule has 0 saturated heterocycles. The lowest BCUT2D eigenvalue weighted by Crippen LogP contribution is -2.35. The van der Waals surface area contributed by atoms with Crippen molar-refractivity contribution in [2.75, 3.05) is 30.3 Å². The van der Waals surface area contributed by atoms with Gasteiger partial charge >= 0.3 is 6.18 Å². The Kier molecular flexibility index (Phi) is 5.26. The third-order valence-electron chi connectivity index (χ3n) is 2.34. The van der Waals surface area contributed by atoms with E-state index in [1.54, 1.807) is 6.92 Å². The number of nitrogens with two attached hydrogens (primary N) is 1. The molecule has 0 aliphatic heterocycles. The van der Waals surface area contributed by atoms with E-state index in [9.17, 15) is 13.2 Å². The van der Waals surface area contributed by atoms with Gasteiger partial charge in [0.15, 0.2) is 0 Å². The lowest BCUT2D eigenvalue weighted by Gasteiger charge is -2.25. The summed E-state index contributed by atoms with van der Waals surface area (Å²) in [5.74, 6) is 0.389. The van der Waals surface area contributed by atoms with Crippen LogP contribution in [-0.4, -0.2) is 30.9 Å². The van der Waals surface area contributed by atoms with Crippen molar-refractivity contribution in [1.29, 1.82) is 0 Å². The summed E-state index contributed by atoms with van der Waals surface area (Å²) in [5.41, 5.74) is 5.96. The molecule has 0 atom stereocenters. The second-order valence-electron chi connectivity index (χ2n) is 4.03. The zero-order chi connectivity index (χ0) is 14.5. The predicted octanol–water partition coefficient (Wildman–Crippen LogP) is 2.84. The van der Waals surface area contributed by atoms with Gasteiger partial charge in [-0.25, -0.2) is 0 Å². The number of aromatic nitrogens is 1. The van der Waals surface area contributed by atoms with Crippen molar-refractivity contribution in [3.63, 3.8) is 0 Å². The zero-order valence-corrected chi connectivity index (χ0v) is 11.0. The first-order valence-electron chi connectivity index (χ1n) is 6.08. The molecule has 19 heavy (non-hydrogen) atoms. The molecule has 1 rings (SSSR count). The molecule has 1 heterocycles. The molecular formula is C12H18F3N3O. The van der Waals surface area contributed by atoms with Gasteiger partial charge in [-0.05, 0) is 25.5 Å². The molecule has 4 nitrogen and oxygen atoms in total. The van der Waals surface area contributed by atoms with Gasteiger partial charge in [0.1, 0.15) is 12.4 Å². The second-order valence-corrected chi connectivity index (χ2v) is 4.03. The van der Waals surface area contributed by atoms with E-state index in [4.69, 9.17) is 10.5 Å². The van der Waals surface area contributed by atoms with Crippen LogP contribution in [0.3, 0.4) is 0 Å². The molecule has 7 heteroatoms. The largest absolute Gasteiger partial charge is 0.476 e. The number of nitrogen functional groups attached to an aromatic ring is 1. The highest BCUT2D eigenvalue weighted by atomic mass is 19.4. The van der Waals surface area contributed by atoms with E-state index in [0.29, 0.717) is 18.7 Å². The molecule has 1 aromatic rings. The van der Waals surface area contributed by atoms with Gasteiger partial charge in [0.25, 0.3) is 0 Å². The van der Waals surface area contributed by atoms with E-state index >= 15 is 0 Å². The highest BCUT2D eigenvalue weighted by molar-refractivity contribution is 5.54. The van der Waals surface area contributed by atoms with Crippen LogP contribution in [0.25, 0.3) is 0 Å². The Morgan fingerprint density at radius 3 is 2.53 bits per heavy atom. The molecule has 0 aliphatic carbocycles. The number of nitrogens with zero attached hydrogens (tertiary/aromatic N) is 2. The minimum Gasteiger partial charge on any atom is -0.476 e. The van der Waals surface area contributed by atoms with Crippen molar-refractivity contribution in [3.8, 4) is 5.88 Å². The molecule has 108 valence electrons. The lowest BCUT2D eigenvalue weighted by atomic mass is 10.3. The third kappa shape index (κ3) is 4.84. The second kappa shape index (κ2) is 6.49. The molecule has 0 amide bonds. The molecule has 2 N–H and O–H groups in total. The monoisotopic (exact) mass is 277 g/mol. The van der Waals surface area contributed by atoms with Crippen LogP contribution in [0.1, 0.15) is 20.3 Å². The number of alkyl halides is 3. The molecule has 0 saturated carbocycles. The summed E-state index contributed by atoms with van der Waals surface area (Å²) in [4.78, 5) is 5.21. The molecule has 0 bridgehead atoms. The summed E-state index contributed by atoms with van der Waals surface area (Å²) in [6, 6.07) is 2.98. The number of hydrogen-bond donors (Lipinski definition) is 1. The quantitative estimate of drug-likeness (QED) is 0.868. The van der Waals surface area contributed by atoms with Crippen molar-refractivity contribution in [2.24, 2.45) is 0 Å². The first kappa shape index (κ1) is 15.4. The standard InChI is InChI=1S/C12H18F3N3O/c1-3-7-18(8-12(13,14)15)10-6-5-9(16)11(17-10)19-4-2/h5-6H,3-4,7-8,16H2,1-2H3. The minimum absolute atomic E-state index is 0.170. The average molecular weight is 277 g/mol. The first-order chi connectivity index (χ1) is 8.87. The topological polar surface area (TPSA) is 51.4 Å². The van der Waals surface area contributed by atoms with Crippen LogP contribution in [0.15, 0.2) is 12.1 Å². The molecule has 0 aliphatic rings. The van der Waals surface area contributed by atoms with Crippen LogP contribution in [0, 0.1) is 0 Å². The van der Waals surface area contributed by atoms with Crippen molar-refractivity contribution in [2.45, 2.75) is 26.4 Å². The van der Waals surface area contributed by atoms with Gasteiger partial charge in [0, 0.05) is 6.54 Å². The fraction of sp³-hybridized carbons (Fsp3) is 0.583. The summed E-state index contributed by atoms with van der Waals surface area (Å²) in [5, 5.41) is 0. The summed E-state index contributed by atoms with van der Waals surface area (Å²) >= 11 is 0. The normalized spacial score (nSPS) is 11.4. The number of ether oxygens (including phenoxy) is 1. The maximum atomic E-state index is 12.5. The van der Waals surface area contributed by atoms with Gasteiger partial charge in [0.05, 0.1) is 12.3 Å². The molecule has 1 aromatic heterocycles. The summed E-state index contributed by atoms with van der Waals surface area (Å²) in [6.07, 6.45) is -3.68. The van der Waals surface area contributed by atoms with Gasteiger partial charge in [-0.15, -0.1) is 0 Å². The number of pyridine rings is 1. The number of anilines is 2. The third-order valence-corrected chi connectivity index (χ3v) is 2.34. The van der Waals surface area contributed by atoms with E-state index < -0.39 is 12.7 Å². The molecule has 0 spiro atoms. The average Bonchev–Trinajstić information content (AvgIpc) is 2.30. The maximum Gasteiger partial charge on any atom is 0.405 e. The van der Waals surface area contributed by atoms with Gasteiger partial charge in [-0.2, -0.15) is 18.2 Å². The van der Waals surface area contributed by atoms with E-state index in [1.807, 2.05) is 6.92 Å². The Bertz CT molecular complexity index is 410. The highest BCUT2D eigenvalue weighted by Crippen LogP contribution is 2.26. The Hall–Kier alpha value is -1.66. The van der Waals surface area contributed by atoms with Gasteiger partial charge in [0.2, 0.25) is 5.88 Å². The Morgan fingerprint density at radius 2 is 2.00 bits per heavy atom. The summed E-state index contributed by atoms with van der Waals surface area (Å²) < 4.78 is 42.7. The minimum atomic E-state index is -4.27. The molecule has 0 aromatic carbocycles. The maximum absolute atomic E-state index is 12.5. The van der Waals surface area contributed by atoms with E-state index in [0.717, 1.165) is 0 Å². The van der Waals surface area contributed by atoms with Crippen LogP contribution >= 0.6 is 0 Å². The van der Waals surface area contributed by atoms with E-state index in [-0.39, 0.29) is 18.2 Å². The van der Waals surface area contributed by atoms with Crippen molar-refractivity contribution in [1.82, 2.24) is 4.98 Å². The number of hydrogen-bond acceptors (Lipinski definition) is 4. The fourth-order valence-corrected chi connectivity index (χ4v) is 1.63. The van der Waals surface area contributed by atoms with Crippen LogP contribution in [0.4, 0.5) is 24.7 Å². The molecule has 0 radical (unpaired) electrons. The van der Waals surface area contributed by atoms with Gasteiger partial charge in [-0.1, -0.05) is 6.92 Å². The summed E-state index contributed by atoms with van der Waals surface area (Å²) in [6.45, 7) is 3.15. The van der Waals surface area contributed by atoms with Crippen molar-refractivity contribution >= 4 is 11.5 Å². The first-order valence-corrected chi connectivity index (χ1v) is 6.08. The molecular weight excluding hydrogens is 259 g/mol. The number of halogens is 3. The molecule has 0 unspecified atom stereocenters. The van der Waals surface area contributed by atoms with E-state index in [2.05, 4.69) is 4.98 Å². The predicted molar refractivity (Wildman–Crippen MR) is 68.4 cm³/mol. The fourth-order valence-electron chi connectivity index (χ4n) is 1.63. The van der Waals surface area contributed by atoms with Crippen LogP contribution in [-0.2, 0) is 0 Å². The van der Waals surface area contributed by atoms with Crippen LogP contribution in [0.2, 0.25) is 0 Å². The molecule has 0 fully saturated rings. The van der Waals surface area contributed by atoms with Gasteiger partial charge < -0.3 is 15.4 Å². The van der Waals surface area contributed by atoms with Gasteiger partial charge in [-0.3, -0.25) is 0 Å². The lowest BCUT2D eigenvalue weighted by molar-refractivity contribution is -0.119. The Morgan fingerprint density at radius 1 is 1.32 bits per heavy atom.